The molecule has 1 unspecified atom stereocenters. The molecule has 0 saturated carbocycles. The van der Waals surface area contributed by atoms with Crippen molar-refractivity contribution in [3.05, 3.63) is 63.0 Å². The van der Waals surface area contributed by atoms with Crippen LogP contribution in [0.2, 0.25) is 0 Å². The Balaban J connectivity index is 2.09. The van der Waals surface area contributed by atoms with Crippen LogP contribution < -0.4 is 4.74 Å². The van der Waals surface area contributed by atoms with Gasteiger partial charge in [-0.25, -0.2) is 4.79 Å². The first kappa shape index (κ1) is 33.5. The van der Waals surface area contributed by atoms with Crippen LogP contribution in [0.5, 0.6) is 5.75 Å². The Morgan fingerprint density at radius 2 is 1.88 bits per heavy atom. The Hall–Kier alpha value is -2.70. The van der Waals surface area contributed by atoms with Gasteiger partial charge in [0.05, 0.1) is 3.57 Å². The fourth-order valence-corrected chi connectivity index (χ4v) is 4.06. The first-order valence-corrected chi connectivity index (χ1v) is 12.9. The summed E-state index contributed by atoms with van der Waals surface area (Å²) in [6, 6.07) is 5.16. The number of carboxylic acid groups (broad SMARTS) is 1. The fraction of sp³-hybridized carbons (Fsp3) is 0.444. The molecule has 0 radical (unpaired) electrons. The van der Waals surface area contributed by atoms with E-state index in [2.05, 4.69) is 11.8 Å². The van der Waals surface area contributed by atoms with Crippen LogP contribution in [0.4, 0.5) is 26.3 Å². The number of hydrogen-bond acceptors (Lipinski definition) is 5. The minimum absolute atomic E-state index is 0.0542. The lowest BCUT2D eigenvalue weighted by atomic mass is 9.93. The highest BCUT2D eigenvalue weighted by Crippen LogP contribution is 2.31. The zero-order chi connectivity index (χ0) is 30.0. The van der Waals surface area contributed by atoms with Crippen molar-refractivity contribution in [3.8, 4) is 17.6 Å². The quantitative estimate of drug-likeness (QED) is 0.156. The van der Waals surface area contributed by atoms with Crippen molar-refractivity contribution >= 4 is 28.6 Å². The van der Waals surface area contributed by atoms with Crippen LogP contribution >= 0.6 is 22.6 Å². The number of hydrogen-bond donors (Lipinski definition) is 1. The summed E-state index contributed by atoms with van der Waals surface area (Å²) in [5.74, 6) is 4.52. The molecule has 1 aliphatic rings. The Labute approximate surface area is 241 Å². The maximum Gasteiger partial charge on any atom is 0.422 e. The predicted octanol–water partition coefficient (Wildman–Crippen LogP) is 6.39. The van der Waals surface area contributed by atoms with E-state index in [1.165, 1.54) is 18.2 Å². The van der Waals surface area contributed by atoms with Crippen molar-refractivity contribution in [2.45, 2.75) is 50.7 Å². The molecule has 220 valence electrons. The minimum atomic E-state index is -4.68. The molecule has 0 aliphatic heterocycles. The molecule has 2 rings (SSSR count). The smallest absolute Gasteiger partial charge is 0.422 e. The molecule has 0 fully saturated rings. The van der Waals surface area contributed by atoms with Gasteiger partial charge >= 0.3 is 18.3 Å². The van der Waals surface area contributed by atoms with Crippen LogP contribution in [0.3, 0.4) is 0 Å². The SMILES string of the molecule is CCO[C@@H](Cc1ccc(OC/C=C(\C)C#CC2(OCC(F)(F)F)C=CC=C(OCC(F)(F)F)C2)c(I)c1)C(=O)O. The zero-order valence-corrected chi connectivity index (χ0v) is 23.7. The summed E-state index contributed by atoms with van der Waals surface area (Å²) in [6.07, 6.45) is -5.27. The Kier molecular flexibility index (Phi) is 12.4. The molecule has 1 N–H and O–H groups in total. The number of halogens is 7. The molecular weight excluding hydrogens is 661 g/mol. The largest absolute Gasteiger partial charge is 0.488 e. The molecule has 13 heteroatoms. The van der Waals surface area contributed by atoms with E-state index >= 15 is 0 Å². The van der Waals surface area contributed by atoms with Gasteiger partial charge in [-0.05, 0) is 77.9 Å². The summed E-state index contributed by atoms with van der Waals surface area (Å²) in [5, 5.41) is 9.25. The van der Waals surface area contributed by atoms with Crippen LogP contribution in [0.1, 0.15) is 25.8 Å². The third-order valence-corrected chi connectivity index (χ3v) is 6.00. The van der Waals surface area contributed by atoms with Crippen molar-refractivity contribution in [3.63, 3.8) is 0 Å². The van der Waals surface area contributed by atoms with Gasteiger partial charge in [0.1, 0.15) is 24.7 Å². The number of rotatable bonds is 12. The van der Waals surface area contributed by atoms with E-state index in [-0.39, 0.29) is 25.4 Å². The molecule has 0 bridgehead atoms. The first-order valence-electron chi connectivity index (χ1n) is 11.9. The average Bonchev–Trinajstić information content (AvgIpc) is 2.85. The third kappa shape index (κ3) is 12.2. The van der Waals surface area contributed by atoms with Crippen molar-refractivity contribution in [1.29, 1.82) is 0 Å². The maximum absolute atomic E-state index is 12.8. The van der Waals surface area contributed by atoms with Crippen LogP contribution in [0.15, 0.2) is 53.8 Å². The summed E-state index contributed by atoms with van der Waals surface area (Å²) in [7, 11) is 0. The maximum atomic E-state index is 12.8. The van der Waals surface area contributed by atoms with E-state index in [4.69, 9.17) is 18.9 Å². The molecule has 6 nitrogen and oxygen atoms in total. The summed E-state index contributed by atoms with van der Waals surface area (Å²) >= 11 is 2.04. The lowest BCUT2D eigenvalue weighted by molar-refractivity contribution is -0.191. The predicted molar refractivity (Wildman–Crippen MR) is 142 cm³/mol. The van der Waals surface area contributed by atoms with E-state index in [9.17, 15) is 36.2 Å². The monoisotopic (exact) mass is 688 g/mol. The van der Waals surface area contributed by atoms with Gasteiger partial charge in [0.25, 0.3) is 0 Å². The minimum Gasteiger partial charge on any atom is -0.488 e. The van der Waals surface area contributed by atoms with Crippen LogP contribution in [-0.4, -0.2) is 61.6 Å². The number of carboxylic acids is 1. The van der Waals surface area contributed by atoms with Gasteiger partial charge in [-0.2, -0.15) is 26.3 Å². The summed E-state index contributed by atoms with van der Waals surface area (Å²) in [4.78, 5) is 11.3. The van der Waals surface area contributed by atoms with Gasteiger partial charge in [0.2, 0.25) is 0 Å². The molecule has 2 atom stereocenters. The third-order valence-electron chi connectivity index (χ3n) is 5.16. The lowest BCUT2D eigenvalue weighted by Gasteiger charge is -2.29. The second kappa shape index (κ2) is 14.8. The van der Waals surface area contributed by atoms with E-state index in [1.807, 2.05) is 22.6 Å². The highest BCUT2D eigenvalue weighted by atomic mass is 127. The van der Waals surface area contributed by atoms with Crippen molar-refractivity contribution in [2.75, 3.05) is 26.4 Å². The average molecular weight is 688 g/mol. The van der Waals surface area contributed by atoms with E-state index < -0.39 is 49.7 Å². The second-order valence-electron chi connectivity index (χ2n) is 8.57. The van der Waals surface area contributed by atoms with Crippen molar-refractivity contribution in [2.24, 2.45) is 0 Å². The number of aliphatic carboxylic acids is 1. The van der Waals surface area contributed by atoms with E-state index in [1.54, 1.807) is 38.1 Å². The highest BCUT2D eigenvalue weighted by molar-refractivity contribution is 14.1. The number of ether oxygens (including phenoxy) is 4. The van der Waals surface area contributed by atoms with Crippen molar-refractivity contribution in [1.82, 2.24) is 0 Å². The molecule has 1 aromatic carbocycles. The number of benzene rings is 1. The Morgan fingerprint density at radius 1 is 1.18 bits per heavy atom. The number of carbonyl (C=O) groups is 1. The normalized spacial score (nSPS) is 18.4. The molecule has 40 heavy (non-hydrogen) atoms. The van der Waals surface area contributed by atoms with E-state index in [0.29, 0.717) is 11.3 Å². The van der Waals surface area contributed by atoms with Gasteiger partial charge < -0.3 is 24.1 Å². The summed E-state index contributed by atoms with van der Waals surface area (Å²) in [6.45, 7) is 0.358. The van der Waals surface area contributed by atoms with Gasteiger partial charge in [0.15, 0.2) is 18.3 Å². The van der Waals surface area contributed by atoms with Gasteiger partial charge in [0, 0.05) is 19.4 Å². The standard InChI is InChI=1S/C27H27F6IO6/c1-3-37-23(24(35)36)14-19-6-7-22(21(34)13-19)38-12-9-18(2)8-11-25(40-17-27(31,32)33)10-4-5-20(15-25)39-16-26(28,29)30/h4-7,9-10,13,23H,3,12,14-17H2,1-2H3,(H,35,36)/b18-9+/t23-,25?/m0/s1. The second-order valence-corrected chi connectivity index (χ2v) is 9.73. The number of alkyl halides is 6. The molecule has 1 aliphatic carbocycles. The molecule has 0 aromatic heterocycles. The highest BCUT2D eigenvalue weighted by Gasteiger charge is 2.38. The van der Waals surface area contributed by atoms with Crippen LogP contribution in [-0.2, 0) is 25.4 Å². The van der Waals surface area contributed by atoms with Crippen LogP contribution in [0, 0.1) is 15.4 Å². The topological polar surface area (TPSA) is 74.2 Å². The molecule has 1 aromatic rings. The zero-order valence-electron chi connectivity index (χ0n) is 21.5. The summed E-state index contributed by atoms with van der Waals surface area (Å²) in [5.41, 5.74) is -0.683. The molecular formula is C27H27F6IO6. The molecule has 0 amide bonds. The Morgan fingerprint density at radius 3 is 2.48 bits per heavy atom. The fourth-order valence-electron chi connectivity index (χ4n) is 3.33. The van der Waals surface area contributed by atoms with Crippen LogP contribution in [0.25, 0.3) is 0 Å². The molecule has 0 heterocycles. The first-order chi connectivity index (χ1) is 18.6. The van der Waals surface area contributed by atoms with E-state index in [0.717, 1.165) is 9.13 Å². The number of allylic oxidation sites excluding steroid dienone is 3. The van der Waals surface area contributed by atoms with Gasteiger partial charge in [-0.3, -0.25) is 0 Å². The summed E-state index contributed by atoms with van der Waals surface area (Å²) < 4.78 is 97.5. The lowest BCUT2D eigenvalue weighted by Crippen LogP contribution is -2.35. The van der Waals surface area contributed by atoms with Gasteiger partial charge in [-0.1, -0.05) is 24.0 Å². The molecule has 0 spiro atoms. The van der Waals surface area contributed by atoms with Crippen molar-refractivity contribution < 1.29 is 55.2 Å². The van der Waals surface area contributed by atoms with Gasteiger partial charge in [-0.15, -0.1) is 0 Å². The molecule has 0 saturated heterocycles. The Bertz CT molecular complexity index is 1180.